The van der Waals surface area contributed by atoms with Gasteiger partial charge in [0.15, 0.2) is 0 Å². The highest BCUT2D eigenvalue weighted by atomic mass is 16.5. The summed E-state index contributed by atoms with van der Waals surface area (Å²) in [6.45, 7) is 4.98. The number of esters is 1. The van der Waals surface area contributed by atoms with Gasteiger partial charge in [-0.3, -0.25) is 4.79 Å². The van der Waals surface area contributed by atoms with Gasteiger partial charge in [-0.2, -0.15) is 0 Å². The van der Waals surface area contributed by atoms with Crippen LogP contribution in [0.15, 0.2) is 0 Å². The molecule has 1 unspecified atom stereocenters. The van der Waals surface area contributed by atoms with Gasteiger partial charge in [-0.25, -0.2) is 0 Å². The molecular formula is C10H18O3. The minimum atomic E-state index is -0.262. The molecule has 0 aromatic heterocycles. The molecule has 0 fully saturated rings. The van der Waals surface area contributed by atoms with Gasteiger partial charge >= 0.3 is 5.97 Å². The number of rotatable bonds is 6. The quantitative estimate of drug-likeness (QED) is 0.596. The average molecular weight is 186 g/mol. The lowest BCUT2D eigenvalue weighted by Gasteiger charge is -2.14. The molecule has 3 nitrogen and oxygen atoms in total. The van der Waals surface area contributed by atoms with Crippen molar-refractivity contribution in [2.45, 2.75) is 52.6 Å². The standard InChI is InChI=1S/C10H18O3/c1-4-5-10(13-9(3)12)7-6-8(2)11/h10H,4-7H2,1-3H3. The van der Waals surface area contributed by atoms with E-state index in [1.165, 1.54) is 6.92 Å². The van der Waals surface area contributed by atoms with E-state index in [2.05, 4.69) is 0 Å². The third kappa shape index (κ3) is 7.50. The fourth-order valence-corrected chi connectivity index (χ4v) is 1.18. The van der Waals surface area contributed by atoms with Crippen molar-refractivity contribution >= 4 is 11.8 Å². The minimum absolute atomic E-state index is 0.0774. The van der Waals surface area contributed by atoms with Gasteiger partial charge < -0.3 is 9.53 Å². The van der Waals surface area contributed by atoms with Crippen molar-refractivity contribution in [3.05, 3.63) is 0 Å². The van der Waals surface area contributed by atoms with E-state index in [0.717, 1.165) is 12.8 Å². The Morgan fingerprint density at radius 3 is 2.23 bits per heavy atom. The van der Waals surface area contributed by atoms with Crippen molar-refractivity contribution in [3.63, 3.8) is 0 Å². The van der Waals surface area contributed by atoms with E-state index in [0.29, 0.717) is 12.8 Å². The number of ether oxygens (including phenoxy) is 1. The fraction of sp³-hybridized carbons (Fsp3) is 0.800. The number of Topliss-reactive ketones (excluding diaryl/α,β-unsaturated/α-hetero) is 1. The largest absolute Gasteiger partial charge is 0.463 e. The zero-order valence-corrected chi connectivity index (χ0v) is 8.63. The lowest BCUT2D eigenvalue weighted by Crippen LogP contribution is -2.17. The summed E-state index contributed by atoms with van der Waals surface area (Å²) in [5.74, 6) is -0.116. The second-order valence-corrected chi connectivity index (χ2v) is 3.26. The van der Waals surface area contributed by atoms with Gasteiger partial charge in [-0.05, 0) is 19.8 Å². The van der Waals surface area contributed by atoms with Crippen molar-refractivity contribution < 1.29 is 14.3 Å². The van der Waals surface area contributed by atoms with Crippen LogP contribution in [0.3, 0.4) is 0 Å². The highest BCUT2D eigenvalue weighted by Gasteiger charge is 2.11. The lowest BCUT2D eigenvalue weighted by atomic mass is 10.1. The van der Waals surface area contributed by atoms with Crippen molar-refractivity contribution in [3.8, 4) is 0 Å². The number of carbonyl (C=O) groups is 2. The SMILES string of the molecule is CCCC(CCC(C)=O)OC(C)=O. The monoisotopic (exact) mass is 186 g/mol. The summed E-state index contributed by atoms with van der Waals surface area (Å²) in [6.07, 6.45) is 2.88. The second kappa shape index (κ2) is 6.63. The summed E-state index contributed by atoms with van der Waals surface area (Å²) in [5, 5.41) is 0. The van der Waals surface area contributed by atoms with Gasteiger partial charge in [0, 0.05) is 13.3 Å². The fourth-order valence-electron chi connectivity index (χ4n) is 1.18. The molecule has 1 atom stereocenters. The number of hydrogen-bond acceptors (Lipinski definition) is 3. The van der Waals surface area contributed by atoms with E-state index >= 15 is 0 Å². The molecule has 0 aromatic carbocycles. The first-order valence-corrected chi connectivity index (χ1v) is 4.73. The second-order valence-electron chi connectivity index (χ2n) is 3.26. The Bertz CT molecular complexity index is 175. The molecule has 0 amide bonds. The first-order valence-electron chi connectivity index (χ1n) is 4.73. The Morgan fingerprint density at radius 2 is 1.85 bits per heavy atom. The molecule has 0 heterocycles. The van der Waals surface area contributed by atoms with Crippen LogP contribution in [0.2, 0.25) is 0 Å². The van der Waals surface area contributed by atoms with Crippen LogP contribution in [0, 0.1) is 0 Å². The summed E-state index contributed by atoms with van der Waals surface area (Å²) in [6, 6.07) is 0. The van der Waals surface area contributed by atoms with Crippen LogP contribution < -0.4 is 0 Å². The smallest absolute Gasteiger partial charge is 0.302 e. The summed E-state index contributed by atoms with van der Waals surface area (Å²) < 4.78 is 5.05. The molecule has 0 N–H and O–H groups in total. The van der Waals surface area contributed by atoms with E-state index < -0.39 is 0 Å². The molecule has 0 bridgehead atoms. The zero-order chi connectivity index (χ0) is 10.3. The van der Waals surface area contributed by atoms with Gasteiger partial charge in [-0.15, -0.1) is 0 Å². The molecule has 0 aliphatic rings. The molecule has 0 aromatic rings. The number of carbonyl (C=O) groups excluding carboxylic acids is 2. The molecule has 0 saturated carbocycles. The average Bonchev–Trinajstić information content (AvgIpc) is 1.99. The Labute approximate surface area is 79.5 Å². The predicted octanol–water partition coefficient (Wildman–Crippen LogP) is 2.09. The molecule has 0 aliphatic carbocycles. The zero-order valence-electron chi connectivity index (χ0n) is 8.63. The Morgan fingerprint density at radius 1 is 1.23 bits per heavy atom. The molecule has 0 saturated heterocycles. The molecule has 3 heteroatoms. The maximum absolute atomic E-state index is 10.7. The lowest BCUT2D eigenvalue weighted by molar-refractivity contribution is -0.147. The molecule has 0 aliphatic heterocycles. The van der Waals surface area contributed by atoms with Gasteiger partial charge in [0.2, 0.25) is 0 Å². The van der Waals surface area contributed by atoms with Crippen LogP contribution in [0.5, 0.6) is 0 Å². The van der Waals surface area contributed by atoms with E-state index in [4.69, 9.17) is 4.74 Å². The van der Waals surface area contributed by atoms with E-state index in [1.807, 2.05) is 6.92 Å². The summed E-state index contributed by atoms with van der Waals surface area (Å²) in [4.78, 5) is 21.4. The first kappa shape index (κ1) is 12.1. The van der Waals surface area contributed by atoms with Crippen LogP contribution in [-0.2, 0) is 14.3 Å². The molecule has 0 radical (unpaired) electrons. The van der Waals surface area contributed by atoms with Crippen LogP contribution in [0.25, 0.3) is 0 Å². The normalized spacial score (nSPS) is 12.2. The predicted molar refractivity (Wildman–Crippen MR) is 50.4 cm³/mol. The van der Waals surface area contributed by atoms with E-state index in [9.17, 15) is 9.59 Å². The molecule has 13 heavy (non-hydrogen) atoms. The van der Waals surface area contributed by atoms with Crippen molar-refractivity contribution in [2.75, 3.05) is 0 Å². The third-order valence-corrected chi connectivity index (χ3v) is 1.76. The summed E-state index contributed by atoms with van der Waals surface area (Å²) in [7, 11) is 0. The summed E-state index contributed by atoms with van der Waals surface area (Å²) >= 11 is 0. The Kier molecular flexibility index (Phi) is 6.20. The Hall–Kier alpha value is -0.860. The number of hydrogen-bond donors (Lipinski definition) is 0. The van der Waals surface area contributed by atoms with Crippen LogP contribution >= 0.6 is 0 Å². The molecule has 0 spiro atoms. The topological polar surface area (TPSA) is 43.4 Å². The molecule has 76 valence electrons. The van der Waals surface area contributed by atoms with E-state index in [1.54, 1.807) is 6.92 Å². The third-order valence-electron chi connectivity index (χ3n) is 1.76. The highest BCUT2D eigenvalue weighted by molar-refractivity contribution is 5.75. The van der Waals surface area contributed by atoms with E-state index in [-0.39, 0.29) is 17.9 Å². The van der Waals surface area contributed by atoms with Crippen LogP contribution in [-0.4, -0.2) is 17.9 Å². The van der Waals surface area contributed by atoms with Gasteiger partial charge in [0.05, 0.1) is 0 Å². The van der Waals surface area contributed by atoms with Gasteiger partial charge in [0.1, 0.15) is 11.9 Å². The minimum Gasteiger partial charge on any atom is -0.463 e. The Balaban J connectivity index is 3.79. The molecular weight excluding hydrogens is 168 g/mol. The maximum atomic E-state index is 10.7. The highest BCUT2D eigenvalue weighted by Crippen LogP contribution is 2.09. The number of ketones is 1. The van der Waals surface area contributed by atoms with Crippen molar-refractivity contribution in [1.29, 1.82) is 0 Å². The van der Waals surface area contributed by atoms with Gasteiger partial charge in [0.25, 0.3) is 0 Å². The molecule has 0 rings (SSSR count). The van der Waals surface area contributed by atoms with Crippen LogP contribution in [0.1, 0.15) is 46.5 Å². The maximum Gasteiger partial charge on any atom is 0.302 e. The summed E-state index contributed by atoms with van der Waals surface area (Å²) in [5.41, 5.74) is 0. The van der Waals surface area contributed by atoms with Gasteiger partial charge in [-0.1, -0.05) is 13.3 Å². The van der Waals surface area contributed by atoms with Crippen molar-refractivity contribution in [2.24, 2.45) is 0 Å². The van der Waals surface area contributed by atoms with Crippen molar-refractivity contribution in [1.82, 2.24) is 0 Å². The first-order chi connectivity index (χ1) is 6.06. The van der Waals surface area contributed by atoms with Crippen LogP contribution in [0.4, 0.5) is 0 Å².